The van der Waals surface area contributed by atoms with Crippen molar-refractivity contribution in [1.29, 1.82) is 0 Å². The predicted molar refractivity (Wildman–Crippen MR) is 86.8 cm³/mol. The van der Waals surface area contributed by atoms with Gasteiger partial charge in [-0.3, -0.25) is 4.98 Å². The number of pyridine rings is 1. The van der Waals surface area contributed by atoms with E-state index in [9.17, 15) is 0 Å². The Morgan fingerprint density at radius 1 is 1.25 bits per heavy atom. The number of rotatable bonds is 2. The first kappa shape index (κ1) is 13.7. The largest absolute Gasteiger partial charge is 0.367 e. The molecule has 2 aromatic rings. The van der Waals surface area contributed by atoms with Crippen molar-refractivity contribution in [2.45, 2.75) is 38.6 Å². The van der Waals surface area contributed by atoms with Gasteiger partial charge in [-0.1, -0.05) is 31.0 Å². The topological polar surface area (TPSA) is 16.1 Å². The summed E-state index contributed by atoms with van der Waals surface area (Å²) < 4.78 is 0. The first-order valence-electron chi connectivity index (χ1n) is 7.48. The van der Waals surface area contributed by atoms with Gasteiger partial charge in [0.1, 0.15) is 0 Å². The number of aryl methyl sites for hydroxylation is 1. The minimum absolute atomic E-state index is 0.448. The summed E-state index contributed by atoms with van der Waals surface area (Å²) in [5.41, 5.74) is 3.47. The molecule has 106 valence electrons. The number of anilines is 1. The maximum Gasteiger partial charge on any atom is 0.0726 e. The van der Waals surface area contributed by atoms with E-state index >= 15 is 0 Å². The summed E-state index contributed by atoms with van der Waals surface area (Å²) in [6.07, 6.45) is 5.05. The summed E-state index contributed by atoms with van der Waals surface area (Å²) in [5, 5.41) is 1.25. The predicted octanol–water partition coefficient (Wildman–Crippen LogP) is 4.53. The minimum Gasteiger partial charge on any atom is -0.367 e. The molecule has 0 saturated carbocycles. The van der Waals surface area contributed by atoms with Crippen molar-refractivity contribution in [2.24, 2.45) is 0 Å². The van der Waals surface area contributed by atoms with Gasteiger partial charge >= 0.3 is 0 Å². The molecule has 1 aliphatic rings. The molecule has 2 nitrogen and oxygen atoms in total. The molecule has 0 radical (unpaired) electrons. The number of halogens is 1. The molecule has 3 heteroatoms. The number of hydrogen-bond donors (Lipinski definition) is 0. The third-order valence-electron chi connectivity index (χ3n) is 4.19. The number of nitrogens with zero attached hydrogens (tertiary/aromatic N) is 2. The second-order valence-electron chi connectivity index (χ2n) is 5.65. The summed E-state index contributed by atoms with van der Waals surface area (Å²) in [6, 6.07) is 11.1. The molecule has 2 heterocycles. The second-order valence-corrected chi connectivity index (χ2v) is 5.96. The summed E-state index contributed by atoms with van der Waals surface area (Å²) in [5.74, 6) is 0.704. The van der Waals surface area contributed by atoms with E-state index in [1.165, 1.54) is 36.8 Å². The number of alkyl halides is 1. The Balaban J connectivity index is 2.11. The van der Waals surface area contributed by atoms with Crippen LogP contribution in [0.4, 0.5) is 5.69 Å². The van der Waals surface area contributed by atoms with Gasteiger partial charge in [-0.25, -0.2) is 0 Å². The van der Waals surface area contributed by atoms with E-state index in [0.29, 0.717) is 11.9 Å². The van der Waals surface area contributed by atoms with Crippen molar-refractivity contribution in [2.75, 3.05) is 17.3 Å². The highest BCUT2D eigenvalue weighted by atomic mass is 35.5. The van der Waals surface area contributed by atoms with Crippen LogP contribution in [0, 0.1) is 6.92 Å². The quantitative estimate of drug-likeness (QED) is 0.755. The van der Waals surface area contributed by atoms with Crippen molar-refractivity contribution < 1.29 is 0 Å². The van der Waals surface area contributed by atoms with Crippen LogP contribution in [0.25, 0.3) is 10.9 Å². The Hall–Kier alpha value is -1.28. The highest BCUT2D eigenvalue weighted by molar-refractivity contribution is 6.18. The van der Waals surface area contributed by atoms with Crippen LogP contribution in [0.1, 0.15) is 31.4 Å². The van der Waals surface area contributed by atoms with E-state index in [0.717, 1.165) is 17.8 Å². The van der Waals surface area contributed by atoms with Crippen LogP contribution in [0.15, 0.2) is 30.3 Å². The molecule has 1 unspecified atom stereocenters. The Morgan fingerprint density at radius 2 is 2.10 bits per heavy atom. The first-order valence-corrected chi connectivity index (χ1v) is 8.02. The molecule has 0 N–H and O–H groups in total. The molecule has 0 spiro atoms. The van der Waals surface area contributed by atoms with Gasteiger partial charge in [0.05, 0.1) is 5.52 Å². The normalized spacial score (nSPS) is 20.1. The van der Waals surface area contributed by atoms with Crippen LogP contribution in [0.5, 0.6) is 0 Å². The van der Waals surface area contributed by atoms with Crippen LogP contribution in [0.3, 0.4) is 0 Å². The molecular weight excluding hydrogens is 268 g/mol. The lowest BCUT2D eigenvalue weighted by Gasteiger charge is -2.32. The maximum atomic E-state index is 6.23. The van der Waals surface area contributed by atoms with E-state index in [1.54, 1.807) is 0 Å². The molecule has 1 aromatic carbocycles. The van der Waals surface area contributed by atoms with Crippen LogP contribution in [0.2, 0.25) is 0 Å². The average molecular weight is 289 g/mol. The Labute approximate surface area is 125 Å². The molecule has 3 rings (SSSR count). The smallest absolute Gasteiger partial charge is 0.0726 e. The van der Waals surface area contributed by atoms with E-state index in [2.05, 4.69) is 47.1 Å². The van der Waals surface area contributed by atoms with Crippen molar-refractivity contribution in [3.05, 3.63) is 36.0 Å². The molecular formula is C17H21ClN2. The summed E-state index contributed by atoms with van der Waals surface area (Å²) in [7, 11) is 0. The van der Waals surface area contributed by atoms with E-state index in [1.807, 2.05) is 0 Å². The Morgan fingerprint density at radius 3 is 2.95 bits per heavy atom. The molecule has 0 amide bonds. The second kappa shape index (κ2) is 6.01. The standard InChI is InChI=1S/C17H21ClN2/c1-13-11-17(15-8-4-5-9-16(15)19-13)20-10-6-2-3-7-14(20)12-18/h4-5,8-9,11,14H,2-3,6-7,10,12H2,1H3. The minimum atomic E-state index is 0.448. The van der Waals surface area contributed by atoms with Crippen molar-refractivity contribution >= 4 is 28.2 Å². The number of fused-ring (bicyclic) bond motifs is 1. The highest BCUT2D eigenvalue weighted by Gasteiger charge is 2.22. The fourth-order valence-corrected chi connectivity index (χ4v) is 3.50. The monoisotopic (exact) mass is 288 g/mol. The third kappa shape index (κ3) is 2.62. The van der Waals surface area contributed by atoms with Gasteiger partial charge in [-0.05, 0) is 31.9 Å². The molecule has 1 aromatic heterocycles. The average Bonchev–Trinajstić information content (AvgIpc) is 2.71. The van der Waals surface area contributed by atoms with Gasteiger partial charge < -0.3 is 4.90 Å². The highest BCUT2D eigenvalue weighted by Crippen LogP contribution is 2.31. The number of para-hydroxylation sites is 1. The third-order valence-corrected chi connectivity index (χ3v) is 4.54. The lowest BCUT2D eigenvalue weighted by atomic mass is 10.1. The zero-order chi connectivity index (χ0) is 13.9. The van der Waals surface area contributed by atoms with Gasteiger partial charge in [0.2, 0.25) is 0 Å². The number of benzene rings is 1. The first-order chi connectivity index (χ1) is 9.79. The van der Waals surface area contributed by atoms with Gasteiger partial charge in [-0.2, -0.15) is 0 Å². The van der Waals surface area contributed by atoms with Crippen molar-refractivity contribution in [3.63, 3.8) is 0 Å². The summed E-state index contributed by atoms with van der Waals surface area (Å²) in [6.45, 7) is 3.17. The molecule has 1 fully saturated rings. The molecule has 1 aliphatic heterocycles. The van der Waals surface area contributed by atoms with Gasteiger partial charge in [0.15, 0.2) is 0 Å². The Bertz CT molecular complexity index is 597. The molecule has 0 aliphatic carbocycles. The van der Waals surface area contributed by atoms with Crippen LogP contribution in [-0.2, 0) is 0 Å². The molecule has 1 saturated heterocycles. The van der Waals surface area contributed by atoms with Gasteiger partial charge in [-0.15, -0.1) is 11.6 Å². The van der Waals surface area contributed by atoms with Crippen LogP contribution < -0.4 is 4.90 Å². The van der Waals surface area contributed by atoms with E-state index in [-0.39, 0.29) is 0 Å². The maximum absolute atomic E-state index is 6.23. The van der Waals surface area contributed by atoms with E-state index < -0.39 is 0 Å². The fraction of sp³-hybridized carbons (Fsp3) is 0.471. The zero-order valence-electron chi connectivity index (χ0n) is 12.0. The molecule has 20 heavy (non-hydrogen) atoms. The van der Waals surface area contributed by atoms with Crippen LogP contribution in [-0.4, -0.2) is 23.5 Å². The SMILES string of the molecule is Cc1cc(N2CCCCCC2CCl)c2ccccc2n1. The molecule has 0 bridgehead atoms. The number of aromatic nitrogens is 1. The lowest BCUT2D eigenvalue weighted by Crippen LogP contribution is -2.36. The lowest BCUT2D eigenvalue weighted by molar-refractivity contribution is 0.622. The van der Waals surface area contributed by atoms with Gasteiger partial charge in [0.25, 0.3) is 0 Å². The summed E-state index contributed by atoms with van der Waals surface area (Å²) in [4.78, 5) is 7.16. The van der Waals surface area contributed by atoms with Gasteiger partial charge in [0, 0.05) is 35.2 Å². The fourth-order valence-electron chi connectivity index (χ4n) is 3.18. The number of hydrogen-bond acceptors (Lipinski definition) is 2. The van der Waals surface area contributed by atoms with E-state index in [4.69, 9.17) is 11.6 Å². The Kier molecular flexibility index (Phi) is 4.11. The molecule has 1 atom stereocenters. The van der Waals surface area contributed by atoms with Crippen LogP contribution >= 0.6 is 11.6 Å². The summed E-state index contributed by atoms with van der Waals surface area (Å²) >= 11 is 6.23. The zero-order valence-corrected chi connectivity index (χ0v) is 12.7. The van der Waals surface area contributed by atoms with Crippen molar-refractivity contribution in [3.8, 4) is 0 Å². The van der Waals surface area contributed by atoms with Crippen molar-refractivity contribution in [1.82, 2.24) is 4.98 Å².